The van der Waals surface area contributed by atoms with Crippen LogP contribution in [0.25, 0.3) is 0 Å². The maximum atomic E-state index is 2.40. The van der Waals surface area contributed by atoms with Crippen LogP contribution in [0.15, 0.2) is 0 Å². The third-order valence-corrected chi connectivity index (χ3v) is 3.47. The summed E-state index contributed by atoms with van der Waals surface area (Å²) in [6.07, 6.45) is 3.08. The van der Waals surface area contributed by atoms with E-state index in [1.807, 2.05) is 0 Å². The van der Waals surface area contributed by atoms with E-state index in [1.165, 1.54) is 6.42 Å². The van der Waals surface area contributed by atoms with Gasteiger partial charge in [-0.15, -0.1) is 0 Å². The quantitative estimate of drug-likeness (QED) is 0.550. The molecule has 0 saturated heterocycles. The molecule has 0 N–H and O–H groups in total. The van der Waals surface area contributed by atoms with Crippen LogP contribution in [0.4, 0.5) is 0 Å². The van der Waals surface area contributed by atoms with E-state index in [0.717, 1.165) is 29.6 Å². The van der Waals surface area contributed by atoms with Crippen molar-refractivity contribution in [2.75, 3.05) is 0 Å². The van der Waals surface area contributed by atoms with Gasteiger partial charge in [-0.2, -0.15) is 0 Å². The molecule has 0 aromatic carbocycles. The summed E-state index contributed by atoms with van der Waals surface area (Å²) >= 11 is 0. The fraction of sp³-hybridized carbons (Fsp3) is 1.00. The van der Waals surface area contributed by atoms with Crippen molar-refractivity contribution in [2.45, 2.75) is 33.6 Å². The molecule has 0 heteroatoms. The van der Waals surface area contributed by atoms with Crippen LogP contribution in [0.2, 0.25) is 0 Å². The lowest BCUT2D eigenvalue weighted by atomic mass is 10.1. The molecule has 0 aromatic rings. The molecule has 0 heterocycles. The molecule has 4 unspecified atom stereocenters. The predicted octanol–water partition coefficient (Wildman–Crippen LogP) is 2.93. The number of hydrogen-bond acceptors (Lipinski definition) is 0. The van der Waals surface area contributed by atoms with Gasteiger partial charge in [0.2, 0.25) is 0 Å². The minimum absolute atomic E-state index is 0.956. The first-order valence-corrected chi connectivity index (χ1v) is 4.70. The van der Waals surface area contributed by atoms with E-state index in [4.69, 9.17) is 0 Å². The average molecular weight is 138 g/mol. The summed E-state index contributed by atoms with van der Waals surface area (Å²) in [6, 6.07) is 0. The van der Waals surface area contributed by atoms with Gasteiger partial charge in [0.05, 0.1) is 0 Å². The molecule has 58 valence electrons. The maximum Gasteiger partial charge on any atom is -0.0349 e. The highest BCUT2D eigenvalue weighted by Gasteiger charge is 2.52. The van der Waals surface area contributed by atoms with Gasteiger partial charge in [0.25, 0.3) is 0 Å². The van der Waals surface area contributed by atoms with E-state index in [2.05, 4.69) is 20.8 Å². The van der Waals surface area contributed by atoms with Gasteiger partial charge in [0.1, 0.15) is 0 Å². The Labute approximate surface area is 64.0 Å². The second-order valence-corrected chi connectivity index (χ2v) is 4.68. The summed E-state index contributed by atoms with van der Waals surface area (Å²) in [4.78, 5) is 0. The summed E-state index contributed by atoms with van der Waals surface area (Å²) in [5, 5.41) is 0. The second kappa shape index (κ2) is 1.99. The van der Waals surface area contributed by atoms with E-state index in [-0.39, 0.29) is 0 Å². The molecule has 0 bridgehead atoms. The minimum Gasteiger partial charge on any atom is -0.0625 e. The zero-order valence-corrected chi connectivity index (χ0v) is 7.30. The summed E-state index contributed by atoms with van der Waals surface area (Å²) in [6.45, 7) is 7.15. The minimum atomic E-state index is 0.956. The lowest BCUT2D eigenvalue weighted by molar-refractivity contribution is 0.484. The van der Waals surface area contributed by atoms with Gasteiger partial charge in [-0.05, 0) is 42.4 Å². The molecule has 2 saturated carbocycles. The van der Waals surface area contributed by atoms with Crippen molar-refractivity contribution in [3.63, 3.8) is 0 Å². The van der Waals surface area contributed by atoms with Crippen molar-refractivity contribution in [1.82, 2.24) is 0 Å². The van der Waals surface area contributed by atoms with E-state index in [0.29, 0.717) is 0 Å². The highest BCUT2D eigenvalue weighted by Crippen LogP contribution is 2.59. The third-order valence-electron chi connectivity index (χ3n) is 3.47. The van der Waals surface area contributed by atoms with Gasteiger partial charge < -0.3 is 0 Å². The van der Waals surface area contributed by atoms with Crippen molar-refractivity contribution < 1.29 is 0 Å². The summed E-state index contributed by atoms with van der Waals surface area (Å²) in [5.74, 6) is 5.43. The van der Waals surface area contributed by atoms with Gasteiger partial charge in [-0.3, -0.25) is 0 Å². The number of rotatable bonds is 2. The van der Waals surface area contributed by atoms with Crippen LogP contribution < -0.4 is 0 Å². The molecule has 2 aliphatic rings. The van der Waals surface area contributed by atoms with Crippen LogP contribution in [0.5, 0.6) is 0 Å². The number of hydrogen-bond donors (Lipinski definition) is 0. The Balaban J connectivity index is 1.80. The van der Waals surface area contributed by atoms with E-state index in [9.17, 15) is 0 Å². The van der Waals surface area contributed by atoms with Crippen molar-refractivity contribution >= 4 is 0 Å². The first-order valence-electron chi connectivity index (χ1n) is 4.70. The monoisotopic (exact) mass is 138 g/mol. The molecular formula is C10H18. The first-order chi connectivity index (χ1) is 4.70. The third kappa shape index (κ3) is 0.980. The molecule has 0 nitrogen and oxygen atoms in total. The molecule has 2 aliphatic carbocycles. The molecule has 0 aliphatic heterocycles. The standard InChI is InChI=1S/C10H18/c1-6(2)8-5-10(8)9-4-7(9)3/h6-10H,4-5H2,1-3H3. The molecule has 10 heavy (non-hydrogen) atoms. The fourth-order valence-corrected chi connectivity index (χ4v) is 2.44. The topological polar surface area (TPSA) is 0 Å². The Hall–Kier alpha value is 0. The van der Waals surface area contributed by atoms with Crippen LogP contribution in [-0.2, 0) is 0 Å². The van der Waals surface area contributed by atoms with Crippen molar-refractivity contribution in [3.8, 4) is 0 Å². The van der Waals surface area contributed by atoms with Crippen LogP contribution in [0, 0.1) is 29.6 Å². The average Bonchev–Trinajstić information content (AvgIpc) is 2.57. The van der Waals surface area contributed by atoms with Crippen molar-refractivity contribution in [1.29, 1.82) is 0 Å². The van der Waals surface area contributed by atoms with Gasteiger partial charge >= 0.3 is 0 Å². The predicted molar refractivity (Wildman–Crippen MR) is 43.7 cm³/mol. The highest BCUT2D eigenvalue weighted by atomic mass is 14.6. The van der Waals surface area contributed by atoms with Crippen LogP contribution in [0.1, 0.15) is 33.6 Å². The Morgan fingerprint density at radius 3 is 2.00 bits per heavy atom. The second-order valence-electron chi connectivity index (χ2n) is 4.68. The van der Waals surface area contributed by atoms with Gasteiger partial charge in [-0.25, -0.2) is 0 Å². The van der Waals surface area contributed by atoms with Gasteiger partial charge in [-0.1, -0.05) is 20.8 Å². The van der Waals surface area contributed by atoms with E-state index < -0.39 is 0 Å². The smallest absolute Gasteiger partial charge is 0.0349 e. The van der Waals surface area contributed by atoms with Gasteiger partial charge in [0, 0.05) is 0 Å². The molecule has 2 rings (SSSR count). The SMILES string of the molecule is CC(C)C1CC1C1CC1C. The Morgan fingerprint density at radius 2 is 1.70 bits per heavy atom. The Bertz CT molecular complexity index is 137. The zero-order chi connectivity index (χ0) is 7.30. The van der Waals surface area contributed by atoms with Crippen molar-refractivity contribution in [2.24, 2.45) is 29.6 Å². The highest BCUT2D eigenvalue weighted by molar-refractivity contribution is 5.01. The fourth-order valence-electron chi connectivity index (χ4n) is 2.44. The summed E-state index contributed by atoms with van der Waals surface area (Å²) in [7, 11) is 0. The molecule has 0 radical (unpaired) electrons. The van der Waals surface area contributed by atoms with E-state index in [1.54, 1.807) is 6.42 Å². The maximum absolute atomic E-state index is 2.40. The molecule has 4 atom stereocenters. The first kappa shape index (κ1) is 6.69. The molecule has 0 spiro atoms. The van der Waals surface area contributed by atoms with Crippen LogP contribution >= 0.6 is 0 Å². The Morgan fingerprint density at radius 1 is 1.10 bits per heavy atom. The molecule has 2 fully saturated rings. The van der Waals surface area contributed by atoms with Crippen LogP contribution in [-0.4, -0.2) is 0 Å². The normalized spacial score (nSPS) is 51.6. The lowest BCUT2D eigenvalue weighted by Gasteiger charge is -2.00. The molecular weight excluding hydrogens is 120 g/mol. The van der Waals surface area contributed by atoms with Crippen molar-refractivity contribution in [3.05, 3.63) is 0 Å². The van der Waals surface area contributed by atoms with Gasteiger partial charge in [0.15, 0.2) is 0 Å². The molecule has 0 aromatic heterocycles. The lowest BCUT2D eigenvalue weighted by Crippen LogP contribution is -1.94. The van der Waals surface area contributed by atoms with Crippen LogP contribution in [0.3, 0.4) is 0 Å². The molecule has 0 amide bonds. The Kier molecular flexibility index (Phi) is 1.33. The zero-order valence-electron chi connectivity index (χ0n) is 7.30. The van der Waals surface area contributed by atoms with E-state index >= 15 is 0 Å². The summed E-state index contributed by atoms with van der Waals surface area (Å²) in [5.41, 5.74) is 0. The summed E-state index contributed by atoms with van der Waals surface area (Å²) < 4.78 is 0. The largest absolute Gasteiger partial charge is 0.0625 e.